The van der Waals surface area contributed by atoms with E-state index in [-0.39, 0.29) is 17.9 Å². The number of aromatic nitrogens is 1. The van der Waals surface area contributed by atoms with Gasteiger partial charge in [-0.15, -0.1) is 0 Å². The van der Waals surface area contributed by atoms with Crippen LogP contribution in [0.25, 0.3) is 6.08 Å². The second-order valence-electron chi connectivity index (χ2n) is 4.49. The van der Waals surface area contributed by atoms with Crippen LogP contribution in [-0.2, 0) is 9.59 Å². The summed E-state index contributed by atoms with van der Waals surface area (Å²) in [6.07, 6.45) is 6.47. The van der Waals surface area contributed by atoms with Crippen molar-refractivity contribution < 1.29 is 9.59 Å². The highest BCUT2D eigenvalue weighted by molar-refractivity contribution is 6.01. The summed E-state index contributed by atoms with van der Waals surface area (Å²) >= 11 is 0. The molecule has 0 aromatic carbocycles. The van der Waals surface area contributed by atoms with Crippen LogP contribution in [0.3, 0.4) is 0 Å². The van der Waals surface area contributed by atoms with Gasteiger partial charge >= 0.3 is 0 Å². The minimum absolute atomic E-state index is 0.204. The van der Waals surface area contributed by atoms with Gasteiger partial charge in [0.1, 0.15) is 11.9 Å². The van der Waals surface area contributed by atoms with Crippen LogP contribution in [0.5, 0.6) is 0 Å². The highest BCUT2D eigenvalue weighted by atomic mass is 16.2. The fourth-order valence-electron chi connectivity index (χ4n) is 2.21. The third-order valence-electron chi connectivity index (χ3n) is 3.17. The number of imide groups is 1. The molecule has 0 saturated carbocycles. The molecule has 5 nitrogen and oxygen atoms in total. The maximum atomic E-state index is 11.9. The average molecular weight is 259 g/mol. The van der Waals surface area contributed by atoms with E-state index in [9.17, 15) is 9.59 Å². The van der Waals surface area contributed by atoms with Crippen molar-refractivity contribution in [2.45, 2.75) is 25.8 Å². The molecule has 1 aromatic heterocycles. The first kappa shape index (κ1) is 13.3. The SMILES string of the molecule is C/C=C/c1cccnc1N(C)C1CCC(=O)NC1=O. The number of hydrogen-bond donors (Lipinski definition) is 1. The molecule has 2 amide bonds. The van der Waals surface area contributed by atoms with E-state index in [1.165, 1.54) is 0 Å². The Morgan fingerprint density at radius 3 is 2.95 bits per heavy atom. The minimum Gasteiger partial charge on any atom is -0.347 e. The van der Waals surface area contributed by atoms with Crippen LogP contribution in [0.4, 0.5) is 5.82 Å². The van der Waals surface area contributed by atoms with Crippen LogP contribution >= 0.6 is 0 Å². The van der Waals surface area contributed by atoms with Crippen LogP contribution < -0.4 is 10.2 Å². The Morgan fingerprint density at radius 1 is 1.47 bits per heavy atom. The predicted molar refractivity (Wildman–Crippen MR) is 73.5 cm³/mol. The van der Waals surface area contributed by atoms with E-state index in [0.29, 0.717) is 12.8 Å². The summed E-state index contributed by atoms with van der Waals surface area (Å²) < 4.78 is 0. The lowest BCUT2D eigenvalue weighted by Crippen LogP contribution is -2.51. The van der Waals surface area contributed by atoms with E-state index >= 15 is 0 Å². The standard InChI is InChI=1S/C14H17N3O2/c1-3-5-10-6-4-9-15-13(10)17(2)11-7-8-12(18)16-14(11)19/h3-6,9,11H,7-8H2,1-2H3,(H,16,18,19)/b5-3+. The third-order valence-corrected chi connectivity index (χ3v) is 3.17. The number of rotatable bonds is 3. The van der Waals surface area contributed by atoms with E-state index in [0.717, 1.165) is 11.4 Å². The van der Waals surface area contributed by atoms with Gasteiger partial charge in [-0.1, -0.05) is 12.2 Å². The Labute approximate surface area is 112 Å². The molecule has 1 atom stereocenters. The van der Waals surface area contributed by atoms with Gasteiger partial charge in [-0.05, 0) is 25.5 Å². The zero-order chi connectivity index (χ0) is 13.8. The van der Waals surface area contributed by atoms with Crippen LogP contribution in [0.2, 0.25) is 0 Å². The van der Waals surface area contributed by atoms with E-state index in [2.05, 4.69) is 10.3 Å². The van der Waals surface area contributed by atoms with Crippen molar-refractivity contribution in [1.29, 1.82) is 0 Å². The molecule has 5 heteroatoms. The number of carbonyl (C=O) groups excluding carboxylic acids is 2. The van der Waals surface area contributed by atoms with Gasteiger partial charge in [-0.25, -0.2) is 4.98 Å². The van der Waals surface area contributed by atoms with Gasteiger partial charge in [0.25, 0.3) is 0 Å². The molecule has 0 radical (unpaired) electrons. The summed E-state index contributed by atoms with van der Waals surface area (Å²) in [7, 11) is 1.83. The van der Waals surface area contributed by atoms with Crippen molar-refractivity contribution in [3.63, 3.8) is 0 Å². The summed E-state index contributed by atoms with van der Waals surface area (Å²) in [4.78, 5) is 29.2. The van der Waals surface area contributed by atoms with Crippen molar-refractivity contribution in [3.05, 3.63) is 30.0 Å². The van der Waals surface area contributed by atoms with E-state index in [1.807, 2.05) is 43.2 Å². The van der Waals surface area contributed by atoms with Gasteiger partial charge in [-0.2, -0.15) is 0 Å². The Hall–Kier alpha value is -2.17. The largest absolute Gasteiger partial charge is 0.347 e. The normalized spacial score (nSPS) is 19.6. The fourth-order valence-corrected chi connectivity index (χ4v) is 2.21. The molecule has 2 heterocycles. The molecule has 0 aliphatic carbocycles. The molecule has 0 spiro atoms. The molecular weight excluding hydrogens is 242 g/mol. The first-order valence-corrected chi connectivity index (χ1v) is 6.27. The number of likely N-dealkylation sites (N-methyl/N-ethyl adjacent to an activating group) is 1. The lowest BCUT2D eigenvalue weighted by Gasteiger charge is -2.31. The number of piperidine rings is 1. The number of allylic oxidation sites excluding steroid dienone is 1. The van der Waals surface area contributed by atoms with Crippen LogP contribution in [0.15, 0.2) is 24.4 Å². The predicted octanol–water partition coefficient (Wildman–Crippen LogP) is 1.36. The van der Waals surface area contributed by atoms with Crippen molar-refractivity contribution >= 4 is 23.7 Å². The molecule has 1 aromatic rings. The maximum absolute atomic E-state index is 11.9. The van der Waals surface area contributed by atoms with Gasteiger partial charge in [0, 0.05) is 25.2 Å². The van der Waals surface area contributed by atoms with Gasteiger partial charge in [0.05, 0.1) is 0 Å². The lowest BCUT2D eigenvalue weighted by atomic mass is 10.0. The molecule has 1 fully saturated rings. The average Bonchev–Trinajstić information content (AvgIpc) is 2.39. The zero-order valence-electron chi connectivity index (χ0n) is 11.1. The number of amides is 2. The van der Waals surface area contributed by atoms with Crippen LogP contribution in [0.1, 0.15) is 25.3 Å². The van der Waals surface area contributed by atoms with E-state index in [4.69, 9.17) is 0 Å². The van der Waals surface area contributed by atoms with Gasteiger partial charge < -0.3 is 4.90 Å². The van der Waals surface area contributed by atoms with Crippen molar-refractivity contribution in [3.8, 4) is 0 Å². The van der Waals surface area contributed by atoms with E-state index in [1.54, 1.807) is 6.20 Å². The maximum Gasteiger partial charge on any atom is 0.249 e. The molecular formula is C14H17N3O2. The number of carbonyl (C=O) groups is 2. The highest BCUT2D eigenvalue weighted by Crippen LogP contribution is 2.22. The first-order valence-electron chi connectivity index (χ1n) is 6.27. The highest BCUT2D eigenvalue weighted by Gasteiger charge is 2.30. The topological polar surface area (TPSA) is 62.3 Å². The first-order chi connectivity index (χ1) is 9.13. The van der Waals surface area contributed by atoms with Gasteiger partial charge in [-0.3, -0.25) is 14.9 Å². The molecule has 1 aliphatic heterocycles. The summed E-state index contributed by atoms with van der Waals surface area (Å²) in [6, 6.07) is 3.46. The van der Waals surface area contributed by atoms with Crippen molar-refractivity contribution in [2.24, 2.45) is 0 Å². The number of pyridine rings is 1. The Balaban J connectivity index is 2.26. The van der Waals surface area contributed by atoms with Crippen LogP contribution in [0, 0.1) is 0 Å². The molecule has 1 saturated heterocycles. The second kappa shape index (κ2) is 5.65. The fraction of sp³-hybridized carbons (Fsp3) is 0.357. The summed E-state index contributed by atoms with van der Waals surface area (Å²) in [6.45, 7) is 1.93. The summed E-state index contributed by atoms with van der Waals surface area (Å²) in [5, 5.41) is 2.37. The number of nitrogens with one attached hydrogen (secondary N) is 1. The molecule has 1 aliphatic rings. The minimum atomic E-state index is -0.350. The van der Waals surface area contributed by atoms with Gasteiger partial charge in [0.15, 0.2) is 0 Å². The van der Waals surface area contributed by atoms with Crippen molar-refractivity contribution in [1.82, 2.24) is 10.3 Å². The lowest BCUT2D eigenvalue weighted by molar-refractivity contribution is -0.134. The molecule has 2 rings (SSSR count). The summed E-state index contributed by atoms with van der Waals surface area (Å²) in [5.74, 6) is 0.287. The third kappa shape index (κ3) is 2.81. The van der Waals surface area contributed by atoms with E-state index < -0.39 is 0 Å². The molecule has 1 unspecified atom stereocenters. The smallest absolute Gasteiger partial charge is 0.249 e. The number of hydrogen-bond acceptors (Lipinski definition) is 4. The number of nitrogens with zero attached hydrogens (tertiary/aromatic N) is 2. The Bertz CT molecular complexity index is 525. The quantitative estimate of drug-likeness (QED) is 0.832. The monoisotopic (exact) mass is 259 g/mol. The molecule has 1 N–H and O–H groups in total. The summed E-state index contributed by atoms with van der Waals surface area (Å²) in [5.41, 5.74) is 0.956. The Morgan fingerprint density at radius 2 is 2.26 bits per heavy atom. The molecule has 100 valence electrons. The van der Waals surface area contributed by atoms with Crippen molar-refractivity contribution in [2.75, 3.05) is 11.9 Å². The molecule has 0 bridgehead atoms. The van der Waals surface area contributed by atoms with Gasteiger partial charge in [0.2, 0.25) is 11.8 Å². The van der Waals surface area contributed by atoms with Crippen LogP contribution in [-0.4, -0.2) is 29.9 Å². The Kier molecular flexibility index (Phi) is 3.94. The molecule has 19 heavy (non-hydrogen) atoms. The zero-order valence-corrected chi connectivity index (χ0v) is 11.1. The second-order valence-corrected chi connectivity index (χ2v) is 4.49. The number of anilines is 1.